The van der Waals surface area contributed by atoms with Crippen LogP contribution in [0.5, 0.6) is 5.75 Å². The molecule has 0 aliphatic carbocycles. The van der Waals surface area contributed by atoms with Gasteiger partial charge in [0.1, 0.15) is 24.0 Å². The summed E-state index contributed by atoms with van der Waals surface area (Å²) >= 11 is 1.55. The number of thiazole rings is 1. The average Bonchev–Trinajstić information content (AvgIpc) is 3.48. The Labute approximate surface area is 220 Å². The van der Waals surface area contributed by atoms with Crippen LogP contribution in [0.3, 0.4) is 0 Å². The molecule has 0 unspecified atom stereocenters. The Kier molecular flexibility index (Phi) is 6.28. The van der Waals surface area contributed by atoms with Crippen molar-refractivity contribution in [3.05, 3.63) is 58.7 Å². The second kappa shape index (κ2) is 9.76. The molecule has 38 heavy (non-hydrogen) atoms. The number of hydrogen-bond donors (Lipinski definition) is 1. The van der Waals surface area contributed by atoms with Gasteiger partial charge in [0.25, 0.3) is 5.56 Å². The Bertz CT molecular complexity index is 1690. The fourth-order valence-electron chi connectivity index (χ4n) is 4.84. The number of aromatic nitrogens is 5. The van der Waals surface area contributed by atoms with Gasteiger partial charge in [0.05, 0.1) is 32.2 Å². The minimum atomic E-state index is -2.95. The first-order valence-corrected chi connectivity index (χ1v) is 13.1. The molecule has 0 bridgehead atoms. The number of likely N-dealkylation sites (tertiary alicyclic amines) is 1. The van der Waals surface area contributed by atoms with Crippen LogP contribution in [0.25, 0.3) is 32.2 Å². The number of nitrogens with zero attached hydrogens (tertiary/aromatic N) is 6. The Balaban J connectivity index is 1.47. The van der Waals surface area contributed by atoms with Crippen molar-refractivity contribution in [1.29, 1.82) is 0 Å². The van der Waals surface area contributed by atoms with Crippen molar-refractivity contribution in [2.75, 3.05) is 25.5 Å². The third kappa shape index (κ3) is 4.50. The molecule has 3 aromatic heterocycles. The highest BCUT2D eigenvalue weighted by Gasteiger charge is 2.23. The molecule has 0 atom stereocenters. The molecular weight excluding hydrogens is 512 g/mol. The summed E-state index contributed by atoms with van der Waals surface area (Å²) < 4.78 is 36.1. The van der Waals surface area contributed by atoms with Crippen LogP contribution in [-0.4, -0.2) is 55.5 Å². The molecule has 4 heterocycles. The summed E-state index contributed by atoms with van der Waals surface area (Å²) in [5.74, 6) is 1.05. The van der Waals surface area contributed by atoms with E-state index in [0.29, 0.717) is 32.7 Å². The van der Waals surface area contributed by atoms with E-state index in [4.69, 9.17) is 4.74 Å². The zero-order valence-electron chi connectivity index (χ0n) is 20.8. The Morgan fingerprint density at radius 2 is 1.89 bits per heavy atom. The van der Waals surface area contributed by atoms with Gasteiger partial charge >= 0.3 is 6.55 Å². The number of piperidine rings is 1. The van der Waals surface area contributed by atoms with Crippen molar-refractivity contribution >= 4 is 44.0 Å². The lowest BCUT2D eigenvalue weighted by Gasteiger charge is -2.30. The Morgan fingerprint density at radius 1 is 1.08 bits per heavy atom. The van der Waals surface area contributed by atoms with Gasteiger partial charge in [-0.05, 0) is 55.8 Å². The lowest BCUT2D eigenvalue weighted by molar-refractivity contribution is 0.0416. The molecule has 12 heteroatoms. The topological polar surface area (TPSA) is 90.1 Å². The number of halogens is 2. The van der Waals surface area contributed by atoms with Gasteiger partial charge in [0.2, 0.25) is 0 Å². The summed E-state index contributed by atoms with van der Waals surface area (Å²) in [6.07, 6.45) is 4.47. The monoisotopic (exact) mass is 537 g/mol. The molecule has 1 aliphatic rings. The molecule has 9 nitrogen and oxygen atoms in total. The van der Waals surface area contributed by atoms with Gasteiger partial charge in [-0.3, -0.25) is 9.48 Å². The number of hydrogen-bond acceptors (Lipinski definition) is 8. The quantitative estimate of drug-likeness (QED) is 0.325. The zero-order chi connectivity index (χ0) is 26.4. The van der Waals surface area contributed by atoms with E-state index in [1.165, 1.54) is 19.6 Å². The predicted octanol–water partition coefficient (Wildman–Crippen LogP) is 5.02. The number of ether oxygens (including phenoxy) is 1. The van der Waals surface area contributed by atoms with Crippen molar-refractivity contribution in [2.45, 2.75) is 25.5 Å². The van der Waals surface area contributed by atoms with E-state index in [0.717, 1.165) is 46.5 Å². The highest BCUT2D eigenvalue weighted by molar-refractivity contribution is 7.16. The smallest absolute Gasteiger partial charge is 0.334 e. The minimum Gasteiger partial charge on any atom is -0.489 e. The normalized spacial score (nSPS) is 15.1. The molecule has 0 amide bonds. The third-order valence-corrected chi connectivity index (χ3v) is 7.64. The molecule has 6 rings (SSSR count). The fraction of sp³-hybridized carbons (Fsp3) is 0.308. The van der Waals surface area contributed by atoms with E-state index in [2.05, 4.69) is 32.2 Å². The average molecular weight is 538 g/mol. The maximum absolute atomic E-state index is 13.5. The summed E-state index contributed by atoms with van der Waals surface area (Å²) in [5, 5.41) is 4.04. The van der Waals surface area contributed by atoms with Gasteiger partial charge in [-0.1, -0.05) is 0 Å². The fourth-order valence-corrected chi connectivity index (χ4v) is 5.56. The van der Waals surface area contributed by atoms with Crippen LogP contribution >= 0.6 is 11.3 Å². The Morgan fingerprint density at radius 3 is 2.66 bits per heavy atom. The number of anilines is 2. The number of rotatable bonds is 6. The van der Waals surface area contributed by atoms with E-state index in [1.807, 2.05) is 18.2 Å². The number of benzene rings is 2. The van der Waals surface area contributed by atoms with Crippen LogP contribution in [0.15, 0.2) is 53.2 Å². The summed E-state index contributed by atoms with van der Waals surface area (Å²) in [4.78, 5) is 28.4. The van der Waals surface area contributed by atoms with Crippen LogP contribution in [0.1, 0.15) is 19.4 Å². The second-order valence-electron chi connectivity index (χ2n) is 9.41. The first-order valence-electron chi connectivity index (χ1n) is 12.2. The van der Waals surface area contributed by atoms with Gasteiger partial charge in [-0.25, -0.2) is 15.0 Å². The predicted molar refractivity (Wildman–Crippen MR) is 144 cm³/mol. The first-order chi connectivity index (χ1) is 18.4. The van der Waals surface area contributed by atoms with E-state index in [9.17, 15) is 13.6 Å². The second-order valence-corrected chi connectivity index (χ2v) is 10.3. The highest BCUT2D eigenvalue weighted by atomic mass is 32.1. The van der Waals surface area contributed by atoms with E-state index in [1.54, 1.807) is 29.0 Å². The third-order valence-electron chi connectivity index (χ3n) is 6.85. The van der Waals surface area contributed by atoms with E-state index < -0.39 is 12.1 Å². The molecule has 2 aromatic carbocycles. The van der Waals surface area contributed by atoms with Gasteiger partial charge < -0.3 is 15.0 Å². The summed E-state index contributed by atoms with van der Waals surface area (Å²) in [6, 6.07) is 9.31. The molecule has 1 aliphatic heterocycles. The van der Waals surface area contributed by atoms with Crippen molar-refractivity contribution in [1.82, 2.24) is 29.2 Å². The summed E-state index contributed by atoms with van der Waals surface area (Å²) in [7, 11) is 3.49. The number of nitrogens with one attached hydrogen (secondary N) is 1. The lowest BCUT2D eigenvalue weighted by atomic mass is 10.0. The van der Waals surface area contributed by atoms with E-state index in [-0.39, 0.29) is 11.7 Å². The maximum Gasteiger partial charge on any atom is 0.334 e. The number of fused-ring (bicyclic) bond motifs is 2. The van der Waals surface area contributed by atoms with Crippen LogP contribution in [0.2, 0.25) is 0 Å². The minimum absolute atomic E-state index is 0.0419. The van der Waals surface area contributed by atoms with Gasteiger partial charge in [-0.2, -0.15) is 13.5 Å². The SMILES string of the molecule is CN1CCC(Oc2cc(-c3cn(C)n(C(F)F)c3=O)cc3ncnc(Nc4ccc5ncsc5c4)c23)CC1. The number of aryl methyl sites for hydroxylation is 1. The summed E-state index contributed by atoms with van der Waals surface area (Å²) in [6.45, 7) is -1.15. The maximum atomic E-state index is 13.5. The molecule has 1 fully saturated rings. The first kappa shape index (κ1) is 24.4. The standard InChI is InChI=1S/C26H25F2N7O2S/c1-33-7-5-17(6-8-33)37-21-10-15(18-12-34(2)35(25(18)36)26(27)28)9-20-23(21)24(30-13-29-20)32-16-3-4-19-22(11-16)38-14-31-19/h3-4,9-14,17,26H,5-8H2,1-2H3,(H,29,30,32). The van der Waals surface area contributed by atoms with Crippen LogP contribution in [-0.2, 0) is 7.05 Å². The van der Waals surface area contributed by atoms with Gasteiger partial charge in [0.15, 0.2) is 0 Å². The molecule has 1 saturated heterocycles. The van der Waals surface area contributed by atoms with Crippen molar-refractivity contribution in [3.8, 4) is 16.9 Å². The van der Waals surface area contributed by atoms with Gasteiger partial charge in [-0.15, -0.1) is 11.3 Å². The van der Waals surface area contributed by atoms with Crippen LogP contribution in [0, 0.1) is 0 Å². The molecule has 0 radical (unpaired) electrons. The molecule has 0 spiro atoms. The Hall–Kier alpha value is -3.90. The zero-order valence-corrected chi connectivity index (χ0v) is 21.6. The largest absolute Gasteiger partial charge is 0.489 e. The molecule has 0 saturated carbocycles. The van der Waals surface area contributed by atoms with E-state index >= 15 is 0 Å². The highest BCUT2D eigenvalue weighted by Crippen LogP contribution is 2.37. The van der Waals surface area contributed by atoms with Crippen LogP contribution < -0.4 is 15.6 Å². The molecular formula is C26H25F2N7O2S. The molecule has 5 aromatic rings. The molecule has 1 N–H and O–H groups in total. The van der Waals surface area contributed by atoms with Crippen molar-refractivity contribution in [2.24, 2.45) is 7.05 Å². The van der Waals surface area contributed by atoms with Gasteiger partial charge in [0, 0.05) is 32.0 Å². The van der Waals surface area contributed by atoms with Crippen LogP contribution in [0.4, 0.5) is 20.3 Å². The molecule has 196 valence electrons. The van der Waals surface area contributed by atoms with Crippen molar-refractivity contribution < 1.29 is 13.5 Å². The lowest BCUT2D eigenvalue weighted by Crippen LogP contribution is -2.35. The number of alkyl halides is 2. The van der Waals surface area contributed by atoms with Crippen molar-refractivity contribution in [3.63, 3.8) is 0 Å². The summed E-state index contributed by atoms with van der Waals surface area (Å²) in [5.41, 5.74) is 3.91.